The number of imidazole rings is 1. The molecule has 1 aliphatic rings. The summed E-state index contributed by atoms with van der Waals surface area (Å²) in [6, 6.07) is 13.5. The van der Waals surface area contributed by atoms with Crippen molar-refractivity contribution in [1.29, 1.82) is 0 Å². The molecular weight excluding hydrogens is 397 g/mol. The summed E-state index contributed by atoms with van der Waals surface area (Å²) in [5.74, 6) is 1.24. The minimum Gasteiger partial charge on any atom is -0.382 e. The van der Waals surface area contributed by atoms with E-state index in [1.807, 2.05) is 59.6 Å². The second-order valence-electron chi connectivity index (χ2n) is 6.26. The van der Waals surface area contributed by atoms with E-state index in [1.165, 1.54) is 0 Å². The van der Waals surface area contributed by atoms with E-state index in [9.17, 15) is 0 Å². The molecular formula is C20H21Cl2N5O. The summed E-state index contributed by atoms with van der Waals surface area (Å²) in [5.41, 5.74) is 9.77. The van der Waals surface area contributed by atoms with Crippen LogP contribution in [-0.2, 0) is 4.74 Å². The fourth-order valence-electron chi connectivity index (χ4n) is 2.91. The Labute approximate surface area is 174 Å². The van der Waals surface area contributed by atoms with Gasteiger partial charge >= 0.3 is 0 Å². The van der Waals surface area contributed by atoms with E-state index in [1.54, 1.807) is 0 Å². The zero-order chi connectivity index (χ0) is 18.6. The van der Waals surface area contributed by atoms with Crippen molar-refractivity contribution in [3.05, 3.63) is 64.4 Å². The average Bonchev–Trinajstić information content (AvgIpc) is 3.10. The van der Waals surface area contributed by atoms with E-state index in [4.69, 9.17) is 22.1 Å². The molecule has 0 atom stereocenters. The second-order valence-corrected chi connectivity index (χ2v) is 6.67. The van der Waals surface area contributed by atoms with Crippen molar-refractivity contribution in [2.45, 2.75) is 0 Å². The molecule has 0 saturated carbocycles. The van der Waals surface area contributed by atoms with E-state index < -0.39 is 0 Å². The van der Waals surface area contributed by atoms with Crippen LogP contribution in [0.2, 0.25) is 5.02 Å². The zero-order valence-corrected chi connectivity index (χ0v) is 16.7. The Kier molecular flexibility index (Phi) is 6.57. The van der Waals surface area contributed by atoms with E-state index in [0.29, 0.717) is 24.1 Å². The molecule has 3 aromatic rings. The van der Waals surface area contributed by atoms with Crippen LogP contribution in [-0.4, -0.2) is 47.1 Å². The highest BCUT2D eigenvalue weighted by Gasteiger charge is 2.10. The first-order valence-electron chi connectivity index (χ1n) is 8.78. The number of benzene rings is 2. The van der Waals surface area contributed by atoms with Gasteiger partial charge in [0.15, 0.2) is 5.84 Å². The molecule has 0 bridgehead atoms. The predicted octanol–water partition coefficient (Wildman–Crippen LogP) is 3.76. The number of hydrogen-bond acceptors (Lipinski definition) is 4. The van der Waals surface area contributed by atoms with Gasteiger partial charge in [-0.05, 0) is 42.0 Å². The van der Waals surface area contributed by atoms with Crippen LogP contribution in [0.15, 0.2) is 47.6 Å². The Balaban J connectivity index is 0.00000225. The summed E-state index contributed by atoms with van der Waals surface area (Å²) in [6.07, 6.45) is 3.85. The number of fused-ring (bicyclic) bond motifs is 1. The number of rotatable bonds is 4. The molecule has 3 N–H and O–H groups in total. The van der Waals surface area contributed by atoms with Crippen molar-refractivity contribution in [2.75, 3.05) is 26.3 Å². The summed E-state index contributed by atoms with van der Waals surface area (Å²) in [6.45, 7) is 2.86. The van der Waals surface area contributed by atoms with Crippen molar-refractivity contribution in [3.8, 4) is 0 Å². The highest BCUT2D eigenvalue weighted by atomic mass is 35.5. The minimum atomic E-state index is 0. The van der Waals surface area contributed by atoms with Gasteiger partial charge in [0.25, 0.3) is 0 Å². The number of hydrazone groups is 1. The standard InChI is InChI=1S/C20H20ClN5O.ClH/c21-16-4-2-1-3-14(16)6-8-19-23-17-7-5-15(13-18(17)24-19)20(22)25-26-9-11-27-12-10-26;/h1-8,13H,9-12H2,(H2,22,25)(H,23,24);1H/b8-6+;. The molecule has 0 unspecified atom stereocenters. The average molecular weight is 418 g/mol. The van der Waals surface area contributed by atoms with Crippen molar-refractivity contribution >= 4 is 53.0 Å². The number of halogens is 2. The number of H-pyrrole nitrogens is 1. The van der Waals surface area contributed by atoms with Gasteiger partial charge in [0.1, 0.15) is 5.82 Å². The zero-order valence-electron chi connectivity index (χ0n) is 15.1. The van der Waals surface area contributed by atoms with Gasteiger partial charge < -0.3 is 15.5 Å². The van der Waals surface area contributed by atoms with Gasteiger partial charge in [0, 0.05) is 10.6 Å². The van der Waals surface area contributed by atoms with Crippen molar-refractivity contribution in [1.82, 2.24) is 15.0 Å². The van der Waals surface area contributed by atoms with Gasteiger partial charge in [-0.25, -0.2) is 4.98 Å². The number of hydrogen-bond donors (Lipinski definition) is 2. The maximum absolute atomic E-state index is 6.18. The van der Waals surface area contributed by atoms with Crippen LogP contribution >= 0.6 is 24.0 Å². The third-order valence-electron chi connectivity index (χ3n) is 4.36. The van der Waals surface area contributed by atoms with E-state index in [0.717, 1.165) is 41.1 Å². The molecule has 1 fully saturated rings. The number of nitrogens with one attached hydrogen (secondary N) is 1. The number of morpholine rings is 1. The van der Waals surface area contributed by atoms with E-state index in [-0.39, 0.29) is 12.4 Å². The lowest BCUT2D eigenvalue weighted by atomic mass is 10.2. The molecule has 1 saturated heterocycles. The summed E-state index contributed by atoms with van der Waals surface area (Å²) < 4.78 is 5.33. The summed E-state index contributed by atoms with van der Waals surface area (Å²) in [5, 5.41) is 7.14. The summed E-state index contributed by atoms with van der Waals surface area (Å²) in [7, 11) is 0. The van der Waals surface area contributed by atoms with Gasteiger partial charge in [-0.15, -0.1) is 12.4 Å². The molecule has 1 aromatic heterocycles. The molecule has 0 aliphatic carbocycles. The van der Waals surface area contributed by atoms with Crippen LogP contribution in [0.5, 0.6) is 0 Å². The smallest absolute Gasteiger partial charge is 0.150 e. The number of aromatic nitrogens is 2. The SMILES string of the molecule is Cl.N/C(=N/N1CCOCC1)c1ccc2nc(/C=C/c3ccccc3Cl)[nH]c2c1. The minimum absolute atomic E-state index is 0. The van der Waals surface area contributed by atoms with Gasteiger partial charge in [-0.2, -0.15) is 5.10 Å². The van der Waals surface area contributed by atoms with Crippen LogP contribution in [0.4, 0.5) is 0 Å². The Morgan fingerprint density at radius 1 is 1.18 bits per heavy atom. The fourth-order valence-corrected chi connectivity index (χ4v) is 3.11. The molecule has 8 heteroatoms. The lowest BCUT2D eigenvalue weighted by Gasteiger charge is -2.24. The first-order chi connectivity index (χ1) is 13.2. The maximum Gasteiger partial charge on any atom is 0.150 e. The van der Waals surface area contributed by atoms with Crippen LogP contribution in [0.1, 0.15) is 17.0 Å². The highest BCUT2D eigenvalue weighted by molar-refractivity contribution is 6.32. The number of aromatic amines is 1. The van der Waals surface area contributed by atoms with Crippen LogP contribution in [0, 0.1) is 0 Å². The summed E-state index contributed by atoms with van der Waals surface area (Å²) in [4.78, 5) is 7.88. The first-order valence-corrected chi connectivity index (χ1v) is 9.16. The number of amidine groups is 1. The molecule has 0 radical (unpaired) electrons. The Morgan fingerprint density at radius 3 is 2.75 bits per heavy atom. The van der Waals surface area contributed by atoms with Crippen molar-refractivity contribution in [3.63, 3.8) is 0 Å². The third-order valence-corrected chi connectivity index (χ3v) is 4.70. The Bertz CT molecular complexity index is 1010. The normalized spacial score (nSPS) is 15.2. The molecule has 2 heterocycles. The molecule has 0 amide bonds. The van der Waals surface area contributed by atoms with Gasteiger partial charge in [-0.3, -0.25) is 5.01 Å². The second kappa shape index (κ2) is 9.10. The maximum atomic E-state index is 6.18. The predicted molar refractivity (Wildman–Crippen MR) is 117 cm³/mol. The molecule has 6 nitrogen and oxygen atoms in total. The third kappa shape index (κ3) is 4.65. The van der Waals surface area contributed by atoms with Crippen LogP contribution < -0.4 is 5.73 Å². The summed E-state index contributed by atoms with van der Waals surface area (Å²) >= 11 is 6.18. The molecule has 146 valence electrons. The van der Waals surface area contributed by atoms with Gasteiger partial charge in [0.05, 0.1) is 37.3 Å². The lowest BCUT2D eigenvalue weighted by Crippen LogP contribution is -2.34. The number of ether oxygens (including phenoxy) is 1. The fraction of sp³-hybridized carbons (Fsp3) is 0.200. The highest BCUT2D eigenvalue weighted by Crippen LogP contribution is 2.19. The molecule has 28 heavy (non-hydrogen) atoms. The number of nitrogens with zero attached hydrogens (tertiary/aromatic N) is 3. The topological polar surface area (TPSA) is 79.5 Å². The Morgan fingerprint density at radius 2 is 1.96 bits per heavy atom. The molecule has 2 aromatic carbocycles. The van der Waals surface area contributed by atoms with E-state index in [2.05, 4.69) is 15.1 Å². The van der Waals surface area contributed by atoms with Gasteiger partial charge in [-0.1, -0.05) is 29.8 Å². The van der Waals surface area contributed by atoms with Crippen LogP contribution in [0.25, 0.3) is 23.2 Å². The van der Waals surface area contributed by atoms with Crippen molar-refractivity contribution in [2.24, 2.45) is 10.8 Å². The first kappa shape index (κ1) is 20.2. The molecule has 1 aliphatic heterocycles. The molecule has 0 spiro atoms. The van der Waals surface area contributed by atoms with Crippen LogP contribution in [0.3, 0.4) is 0 Å². The lowest BCUT2D eigenvalue weighted by molar-refractivity contribution is 0.0393. The van der Waals surface area contributed by atoms with Crippen molar-refractivity contribution < 1.29 is 4.74 Å². The number of nitrogens with two attached hydrogens (primary N) is 1. The van der Waals surface area contributed by atoms with Gasteiger partial charge in [0.2, 0.25) is 0 Å². The monoisotopic (exact) mass is 417 g/mol. The Hall–Kier alpha value is -2.54. The largest absolute Gasteiger partial charge is 0.382 e. The quantitative estimate of drug-likeness (QED) is 0.500. The molecule has 4 rings (SSSR count). The van der Waals surface area contributed by atoms with E-state index >= 15 is 0 Å².